The van der Waals surface area contributed by atoms with E-state index < -0.39 is 0 Å². The quantitative estimate of drug-likeness (QED) is 0.726. The average molecular weight is 258 g/mol. The van der Waals surface area contributed by atoms with Gasteiger partial charge in [-0.15, -0.1) is 0 Å². The monoisotopic (exact) mass is 258 g/mol. The van der Waals surface area contributed by atoms with Crippen molar-refractivity contribution in [3.05, 3.63) is 0 Å². The Morgan fingerprint density at radius 3 is 2.47 bits per heavy atom. The largest absolute Gasteiger partial charge is 0.355 e. The zero-order valence-corrected chi connectivity index (χ0v) is 11.2. The van der Waals surface area contributed by atoms with Crippen molar-refractivity contribution in [1.82, 2.24) is 5.32 Å². The van der Waals surface area contributed by atoms with E-state index in [2.05, 4.69) is 5.32 Å². The Balaban J connectivity index is 2.14. The highest BCUT2D eigenvalue weighted by molar-refractivity contribution is 8.13. The maximum absolute atomic E-state index is 11.8. The van der Waals surface area contributed by atoms with Crippen LogP contribution >= 0.6 is 11.8 Å². The van der Waals surface area contributed by atoms with Gasteiger partial charge in [0.2, 0.25) is 5.91 Å². The SMILES string of the molecule is CC(=O)SCCNC(=O)C1CCC(CN)CC1. The van der Waals surface area contributed by atoms with Crippen molar-refractivity contribution in [2.75, 3.05) is 18.8 Å². The van der Waals surface area contributed by atoms with E-state index in [1.165, 1.54) is 11.8 Å². The molecule has 4 nitrogen and oxygen atoms in total. The van der Waals surface area contributed by atoms with Crippen molar-refractivity contribution < 1.29 is 9.59 Å². The number of carbonyl (C=O) groups is 2. The van der Waals surface area contributed by atoms with Crippen LogP contribution in [-0.2, 0) is 9.59 Å². The summed E-state index contributed by atoms with van der Waals surface area (Å²) >= 11 is 1.25. The molecule has 0 aromatic carbocycles. The van der Waals surface area contributed by atoms with E-state index in [0.717, 1.165) is 32.2 Å². The predicted octanol–water partition coefficient (Wildman–Crippen LogP) is 1.15. The van der Waals surface area contributed by atoms with Gasteiger partial charge in [0.1, 0.15) is 0 Å². The van der Waals surface area contributed by atoms with Crippen molar-refractivity contribution in [3.63, 3.8) is 0 Å². The minimum atomic E-state index is 0.0997. The highest BCUT2D eigenvalue weighted by atomic mass is 32.2. The number of nitrogens with one attached hydrogen (secondary N) is 1. The van der Waals surface area contributed by atoms with Crippen LogP contribution in [0.3, 0.4) is 0 Å². The van der Waals surface area contributed by atoms with Gasteiger partial charge in [-0.1, -0.05) is 11.8 Å². The van der Waals surface area contributed by atoms with Crippen LogP contribution in [0, 0.1) is 11.8 Å². The maximum Gasteiger partial charge on any atom is 0.223 e. The standard InChI is InChI=1S/C12H22N2O2S/c1-9(15)17-7-6-14-12(16)11-4-2-10(8-13)3-5-11/h10-11H,2-8,13H2,1H3,(H,14,16). The van der Waals surface area contributed by atoms with Gasteiger partial charge in [0.05, 0.1) is 0 Å². The van der Waals surface area contributed by atoms with E-state index >= 15 is 0 Å². The summed E-state index contributed by atoms with van der Waals surface area (Å²) in [7, 11) is 0. The number of nitrogens with two attached hydrogens (primary N) is 1. The second kappa shape index (κ2) is 7.71. The number of thioether (sulfide) groups is 1. The Morgan fingerprint density at radius 1 is 1.29 bits per heavy atom. The molecular formula is C12H22N2O2S. The third-order valence-electron chi connectivity index (χ3n) is 3.26. The lowest BCUT2D eigenvalue weighted by molar-refractivity contribution is -0.126. The summed E-state index contributed by atoms with van der Waals surface area (Å²) in [5, 5.41) is 3.00. The van der Waals surface area contributed by atoms with Crippen LogP contribution < -0.4 is 11.1 Å². The van der Waals surface area contributed by atoms with Crippen LogP contribution in [0.25, 0.3) is 0 Å². The molecule has 0 radical (unpaired) electrons. The zero-order chi connectivity index (χ0) is 12.7. The normalized spacial score (nSPS) is 24.4. The van der Waals surface area contributed by atoms with Crippen molar-refractivity contribution in [2.24, 2.45) is 17.6 Å². The van der Waals surface area contributed by atoms with Gasteiger partial charge < -0.3 is 11.1 Å². The molecule has 17 heavy (non-hydrogen) atoms. The lowest BCUT2D eigenvalue weighted by Crippen LogP contribution is -2.35. The van der Waals surface area contributed by atoms with Crippen LogP contribution in [0.15, 0.2) is 0 Å². The predicted molar refractivity (Wildman–Crippen MR) is 70.7 cm³/mol. The first-order chi connectivity index (χ1) is 8.13. The van der Waals surface area contributed by atoms with Gasteiger partial charge in [-0.05, 0) is 38.1 Å². The van der Waals surface area contributed by atoms with Gasteiger partial charge in [-0.25, -0.2) is 0 Å². The molecule has 0 saturated heterocycles. The fraction of sp³-hybridized carbons (Fsp3) is 0.833. The van der Waals surface area contributed by atoms with Crippen molar-refractivity contribution >= 4 is 22.8 Å². The summed E-state index contributed by atoms with van der Waals surface area (Å²) in [4.78, 5) is 22.5. The van der Waals surface area contributed by atoms with Gasteiger partial charge >= 0.3 is 0 Å². The van der Waals surface area contributed by atoms with Crippen LogP contribution in [-0.4, -0.2) is 29.9 Å². The first kappa shape index (κ1) is 14.5. The molecule has 0 bridgehead atoms. The van der Waals surface area contributed by atoms with Gasteiger partial charge in [-0.3, -0.25) is 9.59 Å². The van der Waals surface area contributed by atoms with Gasteiger partial charge in [-0.2, -0.15) is 0 Å². The molecule has 1 saturated carbocycles. The van der Waals surface area contributed by atoms with Crippen molar-refractivity contribution in [1.29, 1.82) is 0 Å². The molecule has 1 rings (SSSR count). The van der Waals surface area contributed by atoms with E-state index in [1.54, 1.807) is 6.92 Å². The Kier molecular flexibility index (Phi) is 6.58. The van der Waals surface area contributed by atoms with E-state index in [-0.39, 0.29) is 16.9 Å². The number of hydrogen-bond acceptors (Lipinski definition) is 4. The van der Waals surface area contributed by atoms with Gasteiger partial charge in [0, 0.05) is 25.1 Å². The number of hydrogen-bond donors (Lipinski definition) is 2. The summed E-state index contributed by atoms with van der Waals surface area (Å²) < 4.78 is 0. The lowest BCUT2D eigenvalue weighted by atomic mass is 9.81. The highest BCUT2D eigenvalue weighted by Gasteiger charge is 2.25. The first-order valence-electron chi connectivity index (χ1n) is 6.24. The average Bonchev–Trinajstić information content (AvgIpc) is 2.34. The summed E-state index contributed by atoms with van der Waals surface area (Å²) in [5.41, 5.74) is 5.62. The van der Waals surface area contributed by atoms with E-state index in [1.807, 2.05) is 0 Å². The van der Waals surface area contributed by atoms with Crippen molar-refractivity contribution in [3.8, 4) is 0 Å². The van der Waals surface area contributed by atoms with Crippen LogP contribution in [0.5, 0.6) is 0 Å². The molecule has 5 heteroatoms. The minimum Gasteiger partial charge on any atom is -0.355 e. The molecule has 98 valence electrons. The summed E-state index contributed by atoms with van der Waals surface area (Å²) in [6.45, 7) is 2.87. The maximum atomic E-state index is 11.8. The smallest absolute Gasteiger partial charge is 0.223 e. The summed E-state index contributed by atoms with van der Waals surface area (Å²) in [6.07, 6.45) is 4.04. The van der Waals surface area contributed by atoms with Gasteiger partial charge in [0.25, 0.3) is 0 Å². The molecule has 3 N–H and O–H groups in total. The molecular weight excluding hydrogens is 236 g/mol. The molecule has 0 aromatic heterocycles. The third-order valence-corrected chi connectivity index (χ3v) is 4.07. The van der Waals surface area contributed by atoms with Crippen LogP contribution in [0.1, 0.15) is 32.6 Å². The molecule has 1 fully saturated rings. The summed E-state index contributed by atoms with van der Waals surface area (Å²) in [5.74, 6) is 1.57. The fourth-order valence-corrected chi connectivity index (χ4v) is 2.67. The van der Waals surface area contributed by atoms with E-state index in [0.29, 0.717) is 18.2 Å². The van der Waals surface area contributed by atoms with Crippen molar-refractivity contribution in [2.45, 2.75) is 32.6 Å². The highest BCUT2D eigenvalue weighted by Crippen LogP contribution is 2.28. The topological polar surface area (TPSA) is 72.2 Å². The molecule has 0 aliphatic heterocycles. The molecule has 1 aliphatic rings. The number of rotatable bonds is 5. The minimum absolute atomic E-state index is 0.0997. The third kappa shape index (κ3) is 5.55. The molecule has 1 aliphatic carbocycles. The second-order valence-corrected chi connectivity index (χ2v) is 5.86. The molecule has 0 unspecified atom stereocenters. The number of carbonyl (C=O) groups excluding carboxylic acids is 2. The second-order valence-electron chi connectivity index (χ2n) is 4.58. The Labute approximate surface area is 107 Å². The Morgan fingerprint density at radius 2 is 1.94 bits per heavy atom. The van der Waals surface area contributed by atoms with Crippen LogP contribution in [0.2, 0.25) is 0 Å². The molecule has 0 spiro atoms. The molecule has 1 amide bonds. The lowest BCUT2D eigenvalue weighted by Gasteiger charge is -2.26. The molecule has 0 atom stereocenters. The molecule has 0 heterocycles. The Hall–Kier alpha value is -0.550. The summed E-state index contributed by atoms with van der Waals surface area (Å²) in [6, 6.07) is 0. The number of amides is 1. The van der Waals surface area contributed by atoms with Crippen LogP contribution in [0.4, 0.5) is 0 Å². The fourth-order valence-electron chi connectivity index (χ4n) is 2.17. The first-order valence-corrected chi connectivity index (χ1v) is 7.23. The molecule has 0 aromatic rings. The van der Waals surface area contributed by atoms with E-state index in [9.17, 15) is 9.59 Å². The zero-order valence-electron chi connectivity index (χ0n) is 10.4. The Bertz CT molecular complexity index is 263. The van der Waals surface area contributed by atoms with E-state index in [4.69, 9.17) is 5.73 Å². The van der Waals surface area contributed by atoms with Gasteiger partial charge in [0.15, 0.2) is 5.12 Å².